The number of aromatic nitrogens is 1. The molecule has 1 aromatic heterocycles. The molecule has 0 saturated carbocycles. The van der Waals surface area contributed by atoms with E-state index in [2.05, 4.69) is 21.2 Å². The summed E-state index contributed by atoms with van der Waals surface area (Å²) >= 11 is 3.42. The minimum absolute atomic E-state index is 0.175. The van der Waals surface area contributed by atoms with Crippen LogP contribution in [-0.4, -0.2) is 10.9 Å². The maximum atomic E-state index is 12.8. The number of carbonyl (C=O) groups is 1. The highest BCUT2D eigenvalue weighted by atomic mass is 79.9. The number of halogens is 1. The Morgan fingerprint density at radius 3 is 2.39 bits per heavy atom. The number of anilines is 1. The number of oxazole rings is 1. The lowest BCUT2D eigenvalue weighted by atomic mass is 10.0. The number of hydrogen-bond donors (Lipinski definition) is 1. The molecule has 150 valence electrons. The summed E-state index contributed by atoms with van der Waals surface area (Å²) in [6.07, 6.45) is 0. The first kappa shape index (κ1) is 19.3. The van der Waals surface area contributed by atoms with Gasteiger partial charge in [-0.05, 0) is 42.5 Å². The van der Waals surface area contributed by atoms with E-state index in [-0.39, 0.29) is 5.91 Å². The maximum Gasteiger partial charge on any atom is 0.255 e. The van der Waals surface area contributed by atoms with E-state index in [9.17, 15) is 4.79 Å². The molecule has 0 aliphatic carbocycles. The highest BCUT2D eigenvalue weighted by Gasteiger charge is 2.16. The predicted molar refractivity (Wildman–Crippen MR) is 127 cm³/mol. The Balaban J connectivity index is 1.57. The second-order valence-electron chi connectivity index (χ2n) is 7.05. The second kappa shape index (κ2) is 8.20. The number of nitrogens with one attached hydrogen (secondary N) is 1. The molecule has 0 spiro atoms. The standard InChI is InChI=1S/C26H17BrN2O2/c27-19-11-6-10-18(16-19)25(30)28-22-14-5-4-12-20(22)21-13-7-15-23-24(21)29-26(31-23)17-8-2-1-3-9-17/h1-16H,(H,28,30). The monoisotopic (exact) mass is 468 g/mol. The van der Waals surface area contributed by atoms with Gasteiger partial charge in [-0.15, -0.1) is 0 Å². The summed E-state index contributed by atoms with van der Waals surface area (Å²) in [5, 5.41) is 3.04. The normalized spacial score (nSPS) is 10.9. The van der Waals surface area contributed by atoms with Crippen molar-refractivity contribution in [1.29, 1.82) is 0 Å². The Bertz CT molecular complexity index is 1390. The van der Waals surface area contributed by atoms with Crippen LogP contribution in [0, 0.1) is 0 Å². The zero-order valence-electron chi connectivity index (χ0n) is 16.4. The molecule has 1 amide bonds. The Hall–Kier alpha value is -3.70. The van der Waals surface area contributed by atoms with Gasteiger partial charge in [0.25, 0.3) is 5.91 Å². The van der Waals surface area contributed by atoms with Crippen LogP contribution in [0.1, 0.15) is 10.4 Å². The molecule has 0 atom stereocenters. The number of amides is 1. The SMILES string of the molecule is O=C(Nc1ccccc1-c1cccc2oc(-c3ccccc3)nc12)c1cccc(Br)c1. The molecule has 0 unspecified atom stereocenters. The molecule has 5 rings (SSSR count). The zero-order valence-corrected chi connectivity index (χ0v) is 18.0. The van der Waals surface area contributed by atoms with Crippen LogP contribution in [0.4, 0.5) is 5.69 Å². The molecule has 4 nitrogen and oxygen atoms in total. The summed E-state index contributed by atoms with van der Waals surface area (Å²) in [6, 6.07) is 30.7. The van der Waals surface area contributed by atoms with Gasteiger partial charge in [-0.1, -0.05) is 70.5 Å². The highest BCUT2D eigenvalue weighted by Crippen LogP contribution is 2.35. The molecule has 4 aromatic carbocycles. The first-order chi connectivity index (χ1) is 15.2. The molecule has 31 heavy (non-hydrogen) atoms. The number of para-hydroxylation sites is 2. The summed E-state index contributed by atoms with van der Waals surface area (Å²) in [7, 11) is 0. The molecule has 0 aliphatic rings. The molecular weight excluding hydrogens is 452 g/mol. The molecule has 0 radical (unpaired) electrons. The van der Waals surface area contributed by atoms with Crippen LogP contribution in [0.25, 0.3) is 33.7 Å². The third kappa shape index (κ3) is 3.88. The predicted octanol–water partition coefficient (Wildman–Crippen LogP) is 7.18. The molecule has 0 aliphatic heterocycles. The third-order valence-corrected chi connectivity index (χ3v) is 5.49. The van der Waals surface area contributed by atoms with Crippen LogP contribution in [0.3, 0.4) is 0 Å². The summed E-state index contributed by atoms with van der Waals surface area (Å²) in [5.41, 5.74) is 5.44. The number of benzene rings is 4. The molecule has 0 fully saturated rings. The minimum atomic E-state index is -0.175. The minimum Gasteiger partial charge on any atom is -0.436 e. The molecular formula is C26H17BrN2O2. The van der Waals surface area contributed by atoms with Gasteiger partial charge in [0.2, 0.25) is 5.89 Å². The van der Waals surface area contributed by atoms with Crippen LogP contribution in [0.2, 0.25) is 0 Å². The zero-order chi connectivity index (χ0) is 21.2. The van der Waals surface area contributed by atoms with Crippen molar-refractivity contribution in [2.75, 3.05) is 5.32 Å². The molecule has 0 saturated heterocycles. The van der Waals surface area contributed by atoms with E-state index in [0.29, 0.717) is 22.7 Å². The Morgan fingerprint density at radius 1 is 0.806 bits per heavy atom. The number of hydrogen-bond acceptors (Lipinski definition) is 3. The fourth-order valence-corrected chi connectivity index (χ4v) is 3.92. The molecule has 5 aromatic rings. The van der Waals surface area contributed by atoms with Crippen LogP contribution < -0.4 is 5.32 Å². The van der Waals surface area contributed by atoms with Gasteiger partial charge in [0.05, 0.1) is 0 Å². The molecule has 1 N–H and O–H groups in total. The second-order valence-corrected chi connectivity index (χ2v) is 7.96. The van der Waals surface area contributed by atoms with E-state index in [1.54, 1.807) is 12.1 Å². The van der Waals surface area contributed by atoms with Crippen molar-refractivity contribution in [3.63, 3.8) is 0 Å². The quantitative estimate of drug-likeness (QED) is 0.304. The Morgan fingerprint density at radius 2 is 1.55 bits per heavy atom. The summed E-state index contributed by atoms with van der Waals surface area (Å²) in [4.78, 5) is 17.6. The van der Waals surface area contributed by atoms with Gasteiger partial charge in [-0.3, -0.25) is 4.79 Å². The lowest BCUT2D eigenvalue weighted by Gasteiger charge is -2.12. The number of fused-ring (bicyclic) bond motifs is 1. The number of nitrogens with zero attached hydrogens (tertiary/aromatic N) is 1. The Kier molecular flexibility index (Phi) is 5.10. The van der Waals surface area contributed by atoms with Crippen molar-refractivity contribution in [3.8, 4) is 22.6 Å². The average molecular weight is 469 g/mol. The molecule has 1 heterocycles. The van der Waals surface area contributed by atoms with E-state index in [0.717, 1.165) is 26.7 Å². The van der Waals surface area contributed by atoms with Gasteiger partial charge in [0.15, 0.2) is 5.58 Å². The van der Waals surface area contributed by atoms with E-state index in [4.69, 9.17) is 9.40 Å². The van der Waals surface area contributed by atoms with Crippen molar-refractivity contribution in [2.45, 2.75) is 0 Å². The van der Waals surface area contributed by atoms with Crippen LogP contribution in [0.15, 0.2) is 106 Å². The van der Waals surface area contributed by atoms with E-state index in [1.165, 1.54) is 0 Å². The first-order valence-electron chi connectivity index (χ1n) is 9.80. The maximum absolute atomic E-state index is 12.8. The summed E-state index contributed by atoms with van der Waals surface area (Å²) < 4.78 is 6.87. The number of carbonyl (C=O) groups excluding carboxylic acids is 1. The van der Waals surface area contributed by atoms with Gasteiger partial charge in [0.1, 0.15) is 5.52 Å². The van der Waals surface area contributed by atoms with Crippen molar-refractivity contribution in [2.24, 2.45) is 0 Å². The summed E-state index contributed by atoms with van der Waals surface area (Å²) in [5.74, 6) is 0.393. The third-order valence-electron chi connectivity index (χ3n) is 4.99. The lowest BCUT2D eigenvalue weighted by molar-refractivity contribution is 0.102. The van der Waals surface area contributed by atoms with Crippen LogP contribution in [0.5, 0.6) is 0 Å². The lowest BCUT2D eigenvalue weighted by Crippen LogP contribution is -2.12. The average Bonchev–Trinajstić information content (AvgIpc) is 3.25. The van der Waals surface area contributed by atoms with Gasteiger partial charge >= 0.3 is 0 Å². The van der Waals surface area contributed by atoms with Crippen LogP contribution >= 0.6 is 15.9 Å². The smallest absolute Gasteiger partial charge is 0.255 e. The molecule has 0 bridgehead atoms. The van der Waals surface area contributed by atoms with Gasteiger partial charge < -0.3 is 9.73 Å². The van der Waals surface area contributed by atoms with Crippen molar-refractivity contribution in [1.82, 2.24) is 4.98 Å². The van der Waals surface area contributed by atoms with E-state index in [1.807, 2.05) is 84.9 Å². The Labute approximate surface area is 187 Å². The van der Waals surface area contributed by atoms with E-state index < -0.39 is 0 Å². The fraction of sp³-hybridized carbons (Fsp3) is 0. The van der Waals surface area contributed by atoms with Crippen molar-refractivity contribution < 1.29 is 9.21 Å². The van der Waals surface area contributed by atoms with Gasteiger partial charge in [0, 0.05) is 32.4 Å². The highest BCUT2D eigenvalue weighted by molar-refractivity contribution is 9.10. The van der Waals surface area contributed by atoms with Crippen molar-refractivity contribution in [3.05, 3.63) is 107 Å². The number of rotatable bonds is 4. The van der Waals surface area contributed by atoms with Crippen LogP contribution in [-0.2, 0) is 0 Å². The topological polar surface area (TPSA) is 55.1 Å². The summed E-state index contributed by atoms with van der Waals surface area (Å²) in [6.45, 7) is 0. The first-order valence-corrected chi connectivity index (χ1v) is 10.6. The largest absolute Gasteiger partial charge is 0.436 e. The van der Waals surface area contributed by atoms with Gasteiger partial charge in [-0.2, -0.15) is 0 Å². The molecule has 5 heteroatoms. The van der Waals surface area contributed by atoms with E-state index >= 15 is 0 Å². The van der Waals surface area contributed by atoms with Crippen molar-refractivity contribution >= 4 is 38.6 Å². The van der Waals surface area contributed by atoms with Gasteiger partial charge in [-0.25, -0.2) is 4.98 Å². The fourth-order valence-electron chi connectivity index (χ4n) is 3.52.